The van der Waals surface area contributed by atoms with Gasteiger partial charge in [0.2, 0.25) is 5.91 Å². The summed E-state index contributed by atoms with van der Waals surface area (Å²) in [6.07, 6.45) is 72.9. The zero-order valence-corrected chi connectivity index (χ0v) is 52.0. The van der Waals surface area contributed by atoms with Gasteiger partial charge < -0.3 is 28.5 Å². The third kappa shape index (κ3) is 57.9. The van der Waals surface area contributed by atoms with Crippen LogP contribution in [0.3, 0.4) is 0 Å². The quantitative estimate of drug-likeness (QED) is 0.0161. The Hall–Kier alpha value is -2.55. The van der Waals surface area contributed by atoms with Crippen molar-refractivity contribution in [3.05, 3.63) is 72.9 Å². The summed E-state index contributed by atoms with van der Waals surface area (Å²) in [6.45, 7) is 6.79. The molecule has 0 fully saturated rings. The highest BCUT2D eigenvalue weighted by molar-refractivity contribution is 7.45. The maximum Gasteiger partial charge on any atom is 0.306 e. The summed E-state index contributed by atoms with van der Waals surface area (Å²) in [5.74, 6) is -0.555. The van der Waals surface area contributed by atoms with Crippen molar-refractivity contribution in [1.82, 2.24) is 5.32 Å². The number of likely N-dealkylation sites (N-methyl/N-ethyl adjacent to an activating group) is 1. The van der Waals surface area contributed by atoms with E-state index < -0.39 is 26.6 Å². The molecule has 3 unspecified atom stereocenters. The molecule has 0 aromatic rings. The third-order valence-electron chi connectivity index (χ3n) is 14.1. The van der Waals surface area contributed by atoms with Gasteiger partial charge in [0.1, 0.15) is 19.3 Å². The molecule has 9 nitrogen and oxygen atoms in total. The number of phosphoric ester groups is 1. The Balaban J connectivity index is 5.22. The van der Waals surface area contributed by atoms with E-state index in [0.29, 0.717) is 17.4 Å². The van der Waals surface area contributed by atoms with Gasteiger partial charge in [-0.05, 0) is 96.0 Å². The smallest absolute Gasteiger partial charge is 0.306 e. The van der Waals surface area contributed by atoms with Crippen LogP contribution in [-0.4, -0.2) is 69.4 Å². The van der Waals surface area contributed by atoms with Gasteiger partial charge in [0.05, 0.1) is 33.8 Å². The second-order valence-corrected chi connectivity index (χ2v) is 24.3. The van der Waals surface area contributed by atoms with E-state index in [2.05, 4.69) is 86.8 Å². The van der Waals surface area contributed by atoms with Crippen LogP contribution in [-0.2, 0) is 27.9 Å². The molecule has 0 aliphatic carbocycles. The normalized spacial score (nSPS) is 14.1. The lowest BCUT2D eigenvalue weighted by molar-refractivity contribution is -0.870. The van der Waals surface area contributed by atoms with Crippen LogP contribution in [0, 0.1) is 0 Å². The molecular formula is C67H123N2O7P. The largest absolute Gasteiger partial charge is 0.756 e. The van der Waals surface area contributed by atoms with Crippen LogP contribution >= 0.6 is 7.82 Å². The minimum Gasteiger partial charge on any atom is -0.756 e. The second kappa shape index (κ2) is 56.7. The first-order valence-corrected chi connectivity index (χ1v) is 33.7. The standard InChI is InChI=1S/C67H123N2O7P/c1-7-10-13-16-19-22-25-28-30-31-32-33-34-35-36-37-39-42-45-48-51-54-57-60-67(71)76-65(58-55-52-49-46-43-40-27-24-21-18-15-12-9-3)64(63-75-77(72,73)74-62-61-69(4,5)6)68-66(70)59-56-53-50-47-44-41-38-29-26-23-20-17-14-11-8-2/h19-20,22-23,26,28-30,32-33,55,58,64-65H,7-18,21,24-25,27,31,34-54,56-57,59-63H2,1-6H3,(H-,68,70,72,73)/b22-19-,23-20+,29-26+,30-28-,33-32-,58-55-. The van der Waals surface area contributed by atoms with Crippen LogP contribution in [0.5, 0.6) is 0 Å². The van der Waals surface area contributed by atoms with E-state index in [1.807, 2.05) is 33.3 Å². The van der Waals surface area contributed by atoms with Crippen molar-refractivity contribution < 1.29 is 37.3 Å². The van der Waals surface area contributed by atoms with E-state index in [4.69, 9.17) is 13.8 Å². The fraction of sp³-hybridized carbons (Fsp3) is 0.791. The second-order valence-electron chi connectivity index (χ2n) is 22.9. The van der Waals surface area contributed by atoms with Crippen molar-refractivity contribution in [2.24, 2.45) is 0 Å². The summed E-state index contributed by atoms with van der Waals surface area (Å²) in [6, 6.07) is -0.898. The van der Waals surface area contributed by atoms with Gasteiger partial charge in [-0.3, -0.25) is 14.2 Å². The van der Waals surface area contributed by atoms with Crippen molar-refractivity contribution in [3.63, 3.8) is 0 Å². The molecular weight excluding hydrogens is 976 g/mol. The molecule has 0 saturated carbocycles. The van der Waals surface area contributed by atoms with E-state index >= 15 is 0 Å². The first kappa shape index (κ1) is 74.5. The van der Waals surface area contributed by atoms with E-state index in [-0.39, 0.29) is 24.9 Å². The number of nitrogens with one attached hydrogen (secondary N) is 1. The van der Waals surface area contributed by atoms with Gasteiger partial charge in [0.15, 0.2) is 0 Å². The number of nitrogens with zero attached hydrogens (tertiary/aromatic N) is 1. The van der Waals surface area contributed by atoms with E-state index in [9.17, 15) is 19.0 Å². The molecule has 0 bridgehead atoms. The molecule has 0 aliphatic heterocycles. The van der Waals surface area contributed by atoms with Crippen molar-refractivity contribution >= 4 is 19.7 Å². The van der Waals surface area contributed by atoms with Crippen LogP contribution in [0.25, 0.3) is 0 Å². The lowest BCUT2D eigenvalue weighted by Gasteiger charge is -2.30. The molecule has 3 atom stereocenters. The summed E-state index contributed by atoms with van der Waals surface area (Å²) >= 11 is 0. The molecule has 10 heteroatoms. The molecule has 77 heavy (non-hydrogen) atoms. The lowest BCUT2D eigenvalue weighted by atomic mass is 10.0. The lowest BCUT2D eigenvalue weighted by Crippen LogP contribution is -2.47. The number of hydrogen-bond donors (Lipinski definition) is 1. The van der Waals surface area contributed by atoms with Crippen LogP contribution in [0.2, 0.25) is 0 Å². The minimum absolute atomic E-state index is 0.0272. The van der Waals surface area contributed by atoms with Gasteiger partial charge in [0.25, 0.3) is 7.82 Å². The number of carbonyl (C=O) groups excluding carboxylic acids is 2. The zero-order chi connectivity index (χ0) is 56.4. The summed E-state index contributed by atoms with van der Waals surface area (Å²) < 4.78 is 30.3. The Morgan fingerprint density at radius 1 is 0.468 bits per heavy atom. The fourth-order valence-electron chi connectivity index (χ4n) is 9.11. The molecule has 448 valence electrons. The average molecular weight is 1100 g/mol. The van der Waals surface area contributed by atoms with Gasteiger partial charge in [-0.2, -0.15) is 0 Å². The molecule has 0 aliphatic rings. The maximum atomic E-state index is 13.5. The molecule has 0 aromatic heterocycles. The molecule has 0 heterocycles. The molecule has 0 aromatic carbocycles. The molecule has 1 N–H and O–H groups in total. The molecule has 0 saturated heterocycles. The monoisotopic (exact) mass is 1100 g/mol. The number of rotatable bonds is 58. The number of allylic oxidation sites excluding steroid dienone is 11. The highest BCUT2D eigenvalue weighted by atomic mass is 31.2. The van der Waals surface area contributed by atoms with Crippen LogP contribution in [0.4, 0.5) is 0 Å². The minimum atomic E-state index is -4.71. The number of esters is 1. The highest BCUT2D eigenvalue weighted by Crippen LogP contribution is 2.38. The molecule has 0 rings (SSSR count). The van der Waals surface area contributed by atoms with Crippen LogP contribution in [0.15, 0.2) is 72.9 Å². The Labute approximate surface area is 476 Å². The Bertz CT molecular complexity index is 1550. The molecule has 0 spiro atoms. The Kier molecular flexibility index (Phi) is 54.8. The first-order chi connectivity index (χ1) is 37.4. The zero-order valence-electron chi connectivity index (χ0n) is 51.2. The SMILES string of the molecule is CCCCC/C=C\C/C=C\C/C=C\CCCCCCCCCCCCC(=O)OC(/C=C\CCCCCCCCCCCCC)C(COP(=O)([O-])OCC[N+](C)(C)C)NC(=O)CCCCCCCC/C=C/C=C/CCCCC. The van der Waals surface area contributed by atoms with Gasteiger partial charge in [-0.1, -0.05) is 255 Å². The van der Waals surface area contributed by atoms with E-state index in [1.54, 1.807) is 0 Å². The first-order valence-electron chi connectivity index (χ1n) is 32.3. The van der Waals surface area contributed by atoms with Gasteiger partial charge >= 0.3 is 5.97 Å². The van der Waals surface area contributed by atoms with Gasteiger partial charge in [0, 0.05) is 12.8 Å². The van der Waals surface area contributed by atoms with Crippen molar-refractivity contribution in [3.8, 4) is 0 Å². The Morgan fingerprint density at radius 3 is 1.29 bits per heavy atom. The highest BCUT2D eigenvalue weighted by Gasteiger charge is 2.27. The number of carbonyl (C=O) groups is 2. The third-order valence-corrected chi connectivity index (χ3v) is 15.1. The predicted molar refractivity (Wildman–Crippen MR) is 330 cm³/mol. The number of ether oxygens (including phenoxy) is 1. The summed E-state index contributed by atoms with van der Waals surface area (Å²) in [5, 5.41) is 3.02. The number of amides is 1. The maximum absolute atomic E-state index is 13.5. The number of phosphoric acid groups is 1. The van der Waals surface area contributed by atoms with Gasteiger partial charge in [-0.25, -0.2) is 0 Å². The topological polar surface area (TPSA) is 114 Å². The van der Waals surface area contributed by atoms with Crippen molar-refractivity contribution in [2.75, 3.05) is 40.9 Å². The predicted octanol–water partition coefficient (Wildman–Crippen LogP) is 19.4. The van der Waals surface area contributed by atoms with Crippen molar-refractivity contribution in [2.45, 2.75) is 303 Å². The number of unbranched alkanes of at least 4 members (excludes halogenated alkanes) is 33. The number of quaternary nitrogens is 1. The summed E-state index contributed by atoms with van der Waals surface area (Å²) in [4.78, 5) is 40.0. The van der Waals surface area contributed by atoms with Gasteiger partial charge in [-0.15, -0.1) is 0 Å². The average Bonchev–Trinajstić information content (AvgIpc) is 3.39. The van der Waals surface area contributed by atoms with Crippen LogP contribution < -0.4 is 10.2 Å². The van der Waals surface area contributed by atoms with Crippen molar-refractivity contribution in [1.29, 1.82) is 0 Å². The summed E-state index contributed by atoms with van der Waals surface area (Å²) in [5.41, 5.74) is 0. The van der Waals surface area contributed by atoms with E-state index in [1.165, 1.54) is 148 Å². The fourth-order valence-corrected chi connectivity index (χ4v) is 9.83. The van der Waals surface area contributed by atoms with E-state index in [0.717, 1.165) is 109 Å². The van der Waals surface area contributed by atoms with Crippen LogP contribution in [0.1, 0.15) is 290 Å². The number of hydrogen-bond acceptors (Lipinski definition) is 7. The summed E-state index contributed by atoms with van der Waals surface area (Å²) in [7, 11) is 1.17. The molecule has 0 radical (unpaired) electrons. The Morgan fingerprint density at radius 2 is 0.831 bits per heavy atom. The molecule has 1 amide bonds.